The van der Waals surface area contributed by atoms with Gasteiger partial charge in [0, 0.05) is 0 Å². The van der Waals surface area contributed by atoms with Gasteiger partial charge in [0.25, 0.3) is 0 Å². The summed E-state index contributed by atoms with van der Waals surface area (Å²) in [6, 6.07) is 3.74. The van der Waals surface area contributed by atoms with Crippen molar-refractivity contribution < 1.29 is 0 Å². The lowest BCUT2D eigenvalue weighted by atomic mass is 10.1. The second-order valence-electron chi connectivity index (χ2n) is 3.48. The molecular weight excluding hydrogens is 190 g/mol. The van der Waals surface area contributed by atoms with Crippen molar-refractivity contribution in [1.29, 1.82) is 0 Å². The molecular formula is C11H11N3O. The topological polar surface area (TPSA) is 54.1 Å². The van der Waals surface area contributed by atoms with Crippen LogP contribution in [0.2, 0.25) is 0 Å². The minimum absolute atomic E-state index is 0.385. The van der Waals surface area contributed by atoms with Gasteiger partial charge in [0.05, 0.1) is 5.69 Å². The minimum atomic E-state index is 0.385. The van der Waals surface area contributed by atoms with Gasteiger partial charge in [0.1, 0.15) is 12.0 Å². The Kier molecular flexibility index (Phi) is 2.67. The molecule has 0 saturated carbocycles. The summed E-state index contributed by atoms with van der Waals surface area (Å²) < 4.78 is 0. The highest BCUT2D eigenvalue weighted by molar-refractivity contribution is 5.73. The van der Waals surface area contributed by atoms with Crippen molar-refractivity contribution in [2.45, 2.75) is 19.3 Å². The van der Waals surface area contributed by atoms with E-state index in [9.17, 15) is 4.91 Å². The number of aliphatic imine (C=N–C) groups is 2. The maximum absolute atomic E-state index is 10.6. The minimum Gasteiger partial charge on any atom is -0.253 e. The number of hydrogen-bond donors (Lipinski definition) is 0. The van der Waals surface area contributed by atoms with Crippen molar-refractivity contribution in [3.63, 3.8) is 0 Å². The third-order valence-corrected chi connectivity index (χ3v) is 2.57. The molecule has 0 saturated heterocycles. The molecule has 0 atom stereocenters. The van der Waals surface area contributed by atoms with Gasteiger partial charge in [-0.25, -0.2) is 4.99 Å². The molecule has 0 amide bonds. The Morgan fingerprint density at radius 2 is 1.87 bits per heavy atom. The molecule has 76 valence electrons. The predicted octanol–water partition coefficient (Wildman–Crippen LogP) is 2.93. The standard InChI is InChI=1S/C11H11N3O/c1-12-7-13-10-5-8-3-2-4-9(8)6-11(10)14-15/h5-7H,1-4H2/b13-7-. The summed E-state index contributed by atoms with van der Waals surface area (Å²) in [6.07, 6.45) is 4.55. The summed E-state index contributed by atoms with van der Waals surface area (Å²) in [4.78, 5) is 18.2. The monoisotopic (exact) mass is 201 g/mol. The molecule has 15 heavy (non-hydrogen) atoms. The maximum atomic E-state index is 10.6. The number of benzene rings is 1. The molecule has 0 aliphatic heterocycles. The van der Waals surface area contributed by atoms with Gasteiger partial charge in [0.2, 0.25) is 0 Å². The summed E-state index contributed by atoms with van der Waals surface area (Å²) in [5, 5.41) is 2.98. The van der Waals surface area contributed by atoms with E-state index in [1.807, 2.05) is 12.1 Å². The van der Waals surface area contributed by atoms with Gasteiger partial charge in [-0.2, -0.15) is 0 Å². The largest absolute Gasteiger partial charge is 0.253 e. The number of rotatable bonds is 3. The Labute approximate surface area is 87.7 Å². The van der Waals surface area contributed by atoms with E-state index in [4.69, 9.17) is 0 Å². The molecule has 4 heteroatoms. The van der Waals surface area contributed by atoms with E-state index in [1.54, 1.807) is 0 Å². The molecule has 0 heterocycles. The van der Waals surface area contributed by atoms with Crippen molar-refractivity contribution in [1.82, 2.24) is 0 Å². The van der Waals surface area contributed by atoms with E-state index in [2.05, 4.69) is 21.9 Å². The van der Waals surface area contributed by atoms with E-state index in [-0.39, 0.29) is 0 Å². The molecule has 0 fully saturated rings. The average molecular weight is 201 g/mol. The van der Waals surface area contributed by atoms with Crippen LogP contribution >= 0.6 is 0 Å². The van der Waals surface area contributed by atoms with Crippen LogP contribution in [0.25, 0.3) is 0 Å². The van der Waals surface area contributed by atoms with Crippen molar-refractivity contribution in [2.24, 2.45) is 15.2 Å². The molecule has 2 rings (SSSR count). The van der Waals surface area contributed by atoms with Crippen molar-refractivity contribution in [3.8, 4) is 0 Å². The summed E-state index contributed by atoms with van der Waals surface area (Å²) in [5.41, 5.74) is 3.45. The molecule has 1 aromatic carbocycles. The molecule has 0 N–H and O–H groups in total. The Morgan fingerprint density at radius 1 is 1.20 bits per heavy atom. The van der Waals surface area contributed by atoms with E-state index in [0.29, 0.717) is 11.4 Å². The van der Waals surface area contributed by atoms with Gasteiger partial charge >= 0.3 is 0 Å². The fourth-order valence-corrected chi connectivity index (χ4v) is 1.88. The molecule has 1 aliphatic carbocycles. The van der Waals surface area contributed by atoms with Gasteiger partial charge in [0.15, 0.2) is 0 Å². The Morgan fingerprint density at radius 3 is 2.47 bits per heavy atom. The van der Waals surface area contributed by atoms with Crippen molar-refractivity contribution in [2.75, 3.05) is 0 Å². The van der Waals surface area contributed by atoms with Gasteiger partial charge in [-0.3, -0.25) is 4.99 Å². The third kappa shape index (κ3) is 1.83. The van der Waals surface area contributed by atoms with Gasteiger partial charge < -0.3 is 0 Å². The number of nitroso groups, excluding NO2 is 1. The smallest absolute Gasteiger partial charge is 0.133 e. The zero-order valence-electron chi connectivity index (χ0n) is 8.31. The van der Waals surface area contributed by atoms with E-state index < -0.39 is 0 Å². The zero-order valence-corrected chi connectivity index (χ0v) is 8.31. The highest BCUT2D eigenvalue weighted by Crippen LogP contribution is 2.34. The second kappa shape index (κ2) is 4.13. The lowest BCUT2D eigenvalue weighted by Gasteiger charge is -2.02. The summed E-state index contributed by atoms with van der Waals surface area (Å²) in [7, 11) is 0. The SMILES string of the molecule is C=N/C=N\c1cc2c(cc1N=O)CCC2. The summed E-state index contributed by atoms with van der Waals surface area (Å²) >= 11 is 0. The fraction of sp³-hybridized carbons (Fsp3) is 0.273. The zero-order chi connectivity index (χ0) is 10.7. The molecule has 1 aromatic rings. The Bertz CT molecular complexity index is 438. The van der Waals surface area contributed by atoms with Crippen LogP contribution in [0.4, 0.5) is 11.4 Å². The number of aryl methyl sites for hydroxylation is 2. The number of fused-ring (bicyclic) bond motifs is 1. The Hall–Kier alpha value is -1.84. The van der Waals surface area contributed by atoms with Crippen LogP contribution in [0, 0.1) is 4.91 Å². The maximum Gasteiger partial charge on any atom is 0.133 e. The van der Waals surface area contributed by atoms with E-state index >= 15 is 0 Å². The number of hydrogen-bond acceptors (Lipinski definition) is 3. The molecule has 0 bridgehead atoms. The first-order chi connectivity index (χ1) is 7.35. The third-order valence-electron chi connectivity index (χ3n) is 2.57. The fourth-order valence-electron chi connectivity index (χ4n) is 1.88. The number of nitrogens with zero attached hydrogens (tertiary/aromatic N) is 3. The van der Waals surface area contributed by atoms with Gasteiger partial charge in [-0.15, -0.1) is 4.91 Å². The van der Waals surface area contributed by atoms with Crippen LogP contribution in [-0.4, -0.2) is 13.1 Å². The first-order valence-corrected chi connectivity index (χ1v) is 4.82. The highest BCUT2D eigenvalue weighted by atomic mass is 16.3. The molecule has 0 unspecified atom stereocenters. The Balaban J connectivity index is 2.48. The lowest BCUT2D eigenvalue weighted by molar-refractivity contribution is 0.912. The normalized spacial score (nSPS) is 14.1. The van der Waals surface area contributed by atoms with Crippen LogP contribution in [0.15, 0.2) is 27.3 Å². The second-order valence-corrected chi connectivity index (χ2v) is 3.48. The molecule has 4 nitrogen and oxygen atoms in total. The van der Waals surface area contributed by atoms with Gasteiger partial charge in [-0.1, -0.05) is 0 Å². The van der Waals surface area contributed by atoms with E-state index in [1.165, 1.54) is 17.5 Å². The van der Waals surface area contributed by atoms with Crippen LogP contribution in [0.3, 0.4) is 0 Å². The lowest BCUT2D eigenvalue weighted by Crippen LogP contribution is -1.81. The molecule has 1 aliphatic rings. The van der Waals surface area contributed by atoms with Crippen molar-refractivity contribution in [3.05, 3.63) is 28.2 Å². The van der Waals surface area contributed by atoms with Crippen LogP contribution in [-0.2, 0) is 12.8 Å². The van der Waals surface area contributed by atoms with Crippen LogP contribution in [0.5, 0.6) is 0 Å². The van der Waals surface area contributed by atoms with Gasteiger partial charge in [-0.05, 0) is 54.4 Å². The van der Waals surface area contributed by atoms with Crippen molar-refractivity contribution >= 4 is 24.4 Å². The highest BCUT2D eigenvalue weighted by Gasteiger charge is 2.14. The first-order valence-electron chi connectivity index (χ1n) is 4.82. The quantitative estimate of drug-likeness (QED) is 0.421. The first kappa shape index (κ1) is 9.71. The van der Waals surface area contributed by atoms with E-state index in [0.717, 1.165) is 19.3 Å². The predicted molar refractivity (Wildman–Crippen MR) is 61.6 cm³/mol. The summed E-state index contributed by atoms with van der Waals surface area (Å²) in [6.45, 7) is 3.30. The van der Waals surface area contributed by atoms with Crippen LogP contribution < -0.4 is 0 Å². The average Bonchev–Trinajstić information content (AvgIpc) is 2.71. The molecule has 0 aromatic heterocycles. The molecule has 0 spiro atoms. The molecule has 0 radical (unpaired) electrons. The van der Waals surface area contributed by atoms with Crippen LogP contribution in [0.1, 0.15) is 17.5 Å². The summed E-state index contributed by atoms with van der Waals surface area (Å²) in [5.74, 6) is 0.